The van der Waals surface area contributed by atoms with E-state index in [1.807, 2.05) is 30.3 Å². The van der Waals surface area contributed by atoms with E-state index in [-0.39, 0.29) is 19.3 Å². The van der Waals surface area contributed by atoms with E-state index in [9.17, 15) is 4.79 Å². The van der Waals surface area contributed by atoms with E-state index in [2.05, 4.69) is 6.07 Å². The van der Waals surface area contributed by atoms with Gasteiger partial charge in [-0.3, -0.25) is 4.79 Å². The van der Waals surface area contributed by atoms with E-state index in [4.69, 9.17) is 19.5 Å². The lowest BCUT2D eigenvalue weighted by Gasteiger charge is -2.23. The number of carbonyl (C=O) groups is 1. The molecule has 0 saturated carbocycles. The van der Waals surface area contributed by atoms with Crippen molar-refractivity contribution >= 4 is 11.6 Å². The fraction of sp³-hybridized carbons (Fsp3) is 0.300. The highest BCUT2D eigenvalue weighted by Crippen LogP contribution is 2.54. The van der Waals surface area contributed by atoms with Crippen LogP contribution in [0.4, 0.5) is 5.69 Å². The third-order valence-corrected chi connectivity index (χ3v) is 5.31. The maximum absolute atomic E-state index is 13.5. The number of para-hydroxylation sites is 1. The molecule has 0 N–H and O–H groups in total. The lowest BCUT2D eigenvalue weighted by Crippen LogP contribution is -2.42. The summed E-state index contributed by atoms with van der Waals surface area (Å²) in [6, 6.07) is 13.6. The van der Waals surface area contributed by atoms with Gasteiger partial charge in [0.2, 0.25) is 12.7 Å². The molecule has 5 rings (SSSR count). The van der Waals surface area contributed by atoms with Crippen molar-refractivity contribution in [1.29, 1.82) is 5.26 Å². The summed E-state index contributed by atoms with van der Waals surface area (Å²) >= 11 is 0. The molecule has 0 bridgehead atoms. The summed E-state index contributed by atoms with van der Waals surface area (Å²) in [6.07, 6.45) is 1.06. The maximum Gasteiger partial charge on any atom is 0.245 e. The molecule has 0 fully saturated rings. The summed E-state index contributed by atoms with van der Waals surface area (Å²) in [5.74, 6) is 1.94. The van der Waals surface area contributed by atoms with Gasteiger partial charge in [-0.05, 0) is 24.1 Å². The first kappa shape index (κ1) is 15.1. The Balaban J connectivity index is 1.65. The van der Waals surface area contributed by atoms with Crippen molar-refractivity contribution in [2.45, 2.75) is 18.3 Å². The van der Waals surface area contributed by atoms with Crippen LogP contribution in [0.25, 0.3) is 0 Å². The van der Waals surface area contributed by atoms with E-state index in [1.165, 1.54) is 0 Å². The topological polar surface area (TPSA) is 71.8 Å². The molecule has 2 aromatic carbocycles. The molecule has 3 aliphatic rings. The van der Waals surface area contributed by atoms with E-state index in [0.717, 1.165) is 16.8 Å². The minimum Gasteiger partial charge on any atom is -0.491 e. The van der Waals surface area contributed by atoms with Crippen LogP contribution < -0.4 is 19.1 Å². The first-order chi connectivity index (χ1) is 12.8. The molecule has 6 nitrogen and oxygen atoms in total. The van der Waals surface area contributed by atoms with Crippen molar-refractivity contribution in [2.24, 2.45) is 0 Å². The molecular formula is C20H16N2O4. The number of amides is 1. The average molecular weight is 348 g/mol. The predicted octanol–water partition coefficient (Wildman–Crippen LogP) is 2.74. The number of anilines is 1. The number of rotatable bonds is 3. The molecule has 6 heteroatoms. The summed E-state index contributed by atoms with van der Waals surface area (Å²) in [5, 5.41) is 8.83. The summed E-state index contributed by atoms with van der Waals surface area (Å²) in [6.45, 7) is 0.955. The smallest absolute Gasteiger partial charge is 0.245 e. The van der Waals surface area contributed by atoms with Crippen LogP contribution in [-0.2, 0) is 10.2 Å². The fourth-order valence-corrected chi connectivity index (χ4v) is 4.10. The molecule has 0 aliphatic carbocycles. The number of hydrogen-bond acceptors (Lipinski definition) is 5. The number of unbranched alkanes of at least 4 members (excludes halogenated alkanes) is 1. The van der Waals surface area contributed by atoms with Crippen molar-refractivity contribution in [3.8, 4) is 23.3 Å². The van der Waals surface area contributed by atoms with Crippen molar-refractivity contribution in [1.82, 2.24) is 0 Å². The van der Waals surface area contributed by atoms with Crippen molar-refractivity contribution in [3.05, 3.63) is 47.5 Å². The Bertz CT molecular complexity index is 965. The molecule has 1 unspecified atom stereocenters. The van der Waals surface area contributed by atoms with Crippen LogP contribution in [0.3, 0.4) is 0 Å². The van der Waals surface area contributed by atoms with Crippen molar-refractivity contribution < 1.29 is 19.0 Å². The Morgan fingerprint density at radius 3 is 2.73 bits per heavy atom. The molecule has 130 valence electrons. The van der Waals surface area contributed by atoms with Crippen LogP contribution in [0.1, 0.15) is 24.0 Å². The standard InChI is InChI=1S/C20H16N2O4/c21-7-3-4-8-22-15-6-2-1-5-13(15)20(19(22)23)11-24-16-10-18-17(9-14(16)20)25-12-26-18/h1-2,5-6,9-10H,3-4,8,11-12H2. The van der Waals surface area contributed by atoms with Crippen LogP contribution in [0.15, 0.2) is 36.4 Å². The van der Waals surface area contributed by atoms with Gasteiger partial charge in [-0.25, -0.2) is 0 Å². The van der Waals surface area contributed by atoms with Crippen LogP contribution in [0.2, 0.25) is 0 Å². The molecule has 2 aromatic rings. The van der Waals surface area contributed by atoms with Crippen LogP contribution in [0, 0.1) is 11.3 Å². The van der Waals surface area contributed by atoms with Gasteiger partial charge in [0.05, 0.1) is 6.07 Å². The molecule has 3 aliphatic heterocycles. The van der Waals surface area contributed by atoms with E-state index in [0.29, 0.717) is 36.6 Å². The Kier molecular flexibility index (Phi) is 3.13. The molecule has 1 amide bonds. The Morgan fingerprint density at radius 1 is 1.08 bits per heavy atom. The Labute approximate surface area is 150 Å². The van der Waals surface area contributed by atoms with Gasteiger partial charge in [0.1, 0.15) is 17.8 Å². The van der Waals surface area contributed by atoms with Gasteiger partial charge in [-0.1, -0.05) is 18.2 Å². The zero-order valence-electron chi connectivity index (χ0n) is 14.0. The Hall–Kier alpha value is -3.20. The number of benzene rings is 2. The van der Waals surface area contributed by atoms with E-state index in [1.54, 1.807) is 11.0 Å². The lowest BCUT2D eigenvalue weighted by molar-refractivity contribution is -0.122. The second-order valence-electron chi connectivity index (χ2n) is 6.63. The normalized spacial score (nSPS) is 21.5. The van der Waals surface area contributed by atoms with Gasteiger partial charge >= 0.3 is 0 Å². The van der Waals surface area contributed by atoms with Crippen molar-refractivity contribution in [2.75, 3.05) is 24.8 Å². The SMILES string of the molecule is N#CCCCN1C(=O)C2(COc3cc4c(cc32)OCO4)c2ccccc21. The molecule has 3 heterocycles. The monoisotopic (exact) mass is 348 g/mol. The molecule has 1 atom stereocenters. The third-order valence-electron chi connectivity index (χ3n) is 5.31. The minimum absolute atomic E-state index is 0.00532. The van der Waals surface area contributed by atoms with Crippen LogP contribution in [0.5, 0.6) is 17.2 Å². The molecule has 26 heavy (non-hydrogen) atoms. The highest BCUT2D eigenvalue weighted by atomic mass is 16.7. The van der Waals surface area contributed by atoms with E-state index >= 15 is 0 Å². The number of hydrogen-bond donors (Lipinski definition) is 0. The van der Waals surface area contributed by atoms with Gasteiger partial charge in [0.15, 0.2) is 11.5 Å². The maximum atomic E-state index is 13.5. The lowest BCUT2D eigenvalue weighted by atomic mass is 9.77. The quantitative estimate of drug-likeness (QED) is 0.798. The Morgan fingerprint density at radius 2 is 1.88 bits per heavy atom. The first-order valence-electron chi connectivity index (χ1n) is 8.61. The zero-order valence-corrected chi connectivity index (χ0v) is 14.0. The van der Waals surface area contributed by atoms with Gasteiger partial charge in [0.25, 0.3) is 0 Å². The largest absolute Gasteiger partial charge is 0.491 e. The first-order valence-corrected chi connectivity index (χ1v) is 8.61. The third kappa shape index (κ3) is 1.83. The number of nitriles is 1. The molecular weight excluding hydrogens is 332 g/mol. The zero-order chi connectivity index (χ0) is 17.7. The molecule has 1 spiro atoms. The predicted molar refractivity (Wildman–Crippen MR) is 92.5 cm³/mol. The summed E-state index contributed by atoms with van der Waals surface area (Å²) in [7, 11) is 0. The van der Waals surface area contributed by atoms with Gasteiger partial charge in [-0.2, -0.15) is 5.26 Å². The second-order valence-corrected chi connectivity index (χ2v) is 6.63. The highest BCUT2D eigenvalue weighted by molar-refractivity contribution is 6.11. The fourth-order valence-electron chi connectivity index (χ4n) is 4.10. The number of carbonyl (C=O) groups excluding carboxylic acids is 1. The van der Waals surface area contributed by atoms with Gasteiger partial charge < -0.3 is 19.1 Å². The van der Waals surface area contributed by atoms with Crippen molar-refractivity contribution in [3.63, 3.8) is 0 Å². The summed E-state index contributed by atoms with van der Waals surface area (Å²) in [4.78, 5) is 15.3. The second kappa shape index (κ2) is 5.40. The number of ether oxygens (including phenoxy) is 3. The van der Waals surface area contributed by atoms with Gasteiger partial charge in [-0.15, -0.1) is 0 Å². The summed E-state index contributed by atoms with van der Waals surface area (Å²) in [5.41, 5.74) is 1.80. The molecule has 0 aromatic heterocycles. The molecule has 0 radical (unpaired) electrons. The average Bonchev–Trinajstić information content (AvgIpc) is 3.33. The number of nitrogens with zero attached hydrogens (tertiary/aromatic N) is 2. The highest BCUT2D eigenvalue weighted by Gasteiger charge is 2.57. The van der Waals surface area contributed by atoms with Gasteiger partial charge in [0, 0.05) is 30.3 Å². The summed E-state index contributed by atoms with van der Waals surface area (Å²) < 4.78 is 16.9. The minimum atomic E-state index is -0.862. The van der Waals surface area contributed by atoms with Crippen LogP contribution in [-0.4, -0.2) is 25.9 Å². The number of fused-ring (bicyclic) bond motifs is 5. The van der Waals surface area contributed by atoms with Crippen LogP contribution >= 0.6 is 0 Å². The molecule has 0 saturated heterocycles. The van der Waals surface area contributed by atoms with E-state index < -0.39 is 5.41 Å².